The Kier molecular flexibility index (Phi) is 3.11. The topological polar surface area (TPSA) is 54.2 Å². The minimum atomic E-state index is 0.282. The lowest BCUT2D eigenvalue weighted by atomic mass is 10.1. The van der Waals surface area contributed by atoms with Crippen LogP contribution in [0.15, 0.2) is 4.52 Å². The second-order valence-electron chi connectivity index (χ2n) is 5.24. The van der Waals surface area contributed by atoms with Crippen molar-refractivity contribution in [2.75, 3.05) is 26.7 Å². The van der Waals surface area contributed by atoms with E-state index in [9.17, 15) is 0 Å². The number of rotatable bonds is 2. The molecule has 0 aromatic carbocycles. The third-order valence-electron chi connectivity index (χ3n) is 3.82. The molecule has 0 spiro atoms. The zero-order chi connectivity index (χ0) is 11.7. The molecule has 2 aliphatic heterocycles. The summed E-state index contributed by atoms with van der Waals surface area (Å²) in [6.45, 7) is 3.25. The Bertz CT molecular complexity index is 353. The first-order valence-electron chi connectivity index (χ1n) is 6.58. The molecule has 2 fully saturated rings. The molecule has 1 aromatic heterocycles. The van der Waals surface area contributed by atoms with Crippen LogP contribution in [-0.4, -0.2) is 41.7 Å². The van der Waals surface area contributed by atoms with Crippen molar-refractivity contribution in [2.24, 2.45) is 0 Å². The highest BCUT2D eigenvalue weighted by molar-refractivity contribution is 5.02. The molecule has 3 rings (SSSR count). The van der Waals surface area contributed by atoms with Crippen molar-refractivity contribution in [2.45, 2.75) is 37.6 Å². The average Bonchev–Trinajstić information content (AvgIpc) is 2.98. The summed E-state index contributed by atoms with van der Waals surface area (Å²) in [7, 11) is 2.14. The van der Waals surface area contributed by atoms with Crippen LogP contribution in [0.25, 0.3) is 0 Å². The van der Waals surface area contributed by atoms with Crippen molar-refractivity contribution in [1.82, 2.24) is 20.4 Å². The van der Waals surface area contributed by atoms with Gasteiger partial charge in [-0.2, -0.15) is 4.98 Å². The highest BCUT2D eigenvalue weighted by Crippen LogP contribution is 2.27. The molecule has 0 aliphatic carbocycles. The number of likely N-dealkylation sites (tertiary alicyclic amines) is 1. The number of likely N-dealkylation sites (N-methyl/N-ethyl adjacent to an activating group) is 1. The van der Waals surface area contributed by atoms with Gasteiger partial charge in [-0.1, -0.05) is 11.6 Å². The number of nitrogens with one attached hydrogen (secondary N) is 1. The quantitative estimate of drug-likeness (QED) is 0.839. The van der Waals surface area contributed by atoms with Gasteiger partial charge in [0.15, 0.2) is 5.82 Å². The highest BCUT2D eigenvalue weighted by atomic mass is 16.5. The molecule has 0 radical (unpaired) electrons. The Morgan fingerprint density at radius 2 is 2.29 bits per heavy atom. The normalized spacial score (nSPS) is 30.9. The van der Waals surface area contributed by atoms with Crippen LogP contribution in [0.3, 0.4) is 0 Å². The van der Waals surface area contributed by atoms with Crippen molar-refractivity contribution in [3.8, 4) is 0 Å². The fourth-order valence-corrected chi connectivity index (χ4v) is 2.76. The summed E-state index contributed by atoms with van der Waals surface area (Å²) in [6.07, 6.45) is 4.77. The van der Waals surface area contributed by atoms with Gasteiger partial charge in [0.25, 0.3) is 0 Å². The van der Waals surface area contributed by atoms with Crippen LogP contribution < -0.4 is 5.32 Å². The Hall–Kier alpha value is -0.940. The van der Waals surface area contributed by atoms with E-state index in [1.54, 1.807) is 0 Å². The Balaban J connectivity index is 1.69. The largest absolute Gasteiger partial charge is 0.338 e. The SMILES string of the molecule is CN1CCC(c2noc(C3CCCCN3)n2)C1. The first-order valence-corrected chi connectivity index (χ1v) is 6.58. The van der Waals surface area contributed by atoms with Gasteiger partial charge >= 0.3 is 0 Å². The first kappa shape index (κ1) is 11.2. The van der Waals surface area contributed by atoms with Crippen LogP contribution in [-0.2, 0) is 0 Å². The van der Waals surface area contributed by atoms with Gasteiger partial charge in [-0.25, -0.2) is 0 Å². The summed E-state index contributed by atoms with van der Waals surface area (Å²) in [5.74, 6) is 2.15. The summed E-state index contributed by atoms with van der Waals surface area (Å²) < 4.78 is 5.41. The molecule has 5 heteroatoms. The molecule has 5 nitrogen and oxygen atoms in total. The predicted octanol–water partition coefficient (Wildman–Crippen LogP) is 1.30. The molecule has 2 saturated heterocycles. The van der Waals surface area contributed by atoms with Crippen LogP contribution >= 0.6 is 0 Å². The molecular weight excluding hydrogens is 216 g/mol. The molecule has 1 aromatic rings. The van der Waals surface area contributed by atoms with E-state index in [0.717, 1.165) is 44.2 Å². The van der Waals surface area contributed by atoms with Gasteiger partial charge in [-0.15, -0.1) is 0 Å². The summed E-state index contributed by atoms with van der Waals surface area (Å²) in [6, 6.07) is 0.282. The lowest BCUT2D eigenvalue weighted by Gasteiger charge is -2.19. The number of nitrogens with zero attached hydrogens (tertiary/aromatic N) is 3. The smallest absolute Gasteiger partial charge is 0.243 e. The van der Waals surface area contributed by atoms with E-state index < -0.39 is 0 Å². The minimum absolute atomic E-state index is 0.282. The number of aromatic nitrogens is 2. The van der Waals surface area contributed by atoms with Crippen molar-refractivity contribution in [3.63, 3.8) is 0 Å². The van der Waals surface area contributed by atoms with E-state index in [4.69, 9.17) is 4.52 Å². The van der Waals surface area contributed by atoms with Crippen molar-refractivity contribution < 1.29 is 4.52 Å². The van der Waals surface area contributed by atoms with E-state index >= 15 is 0 Å². The second-order valence-corrected chi connectivity index (χ2v) is 5.24. The molecule has 17 heavy (non-hydrogen) atoms. The maximum atomic E-state index is 5.41. The molecule has 2 atom stereocenters. The Morgan fingerprint density at radius 3 is 3.00 bits per heavy atom. The summed E-state index contributed by atoms with van der Waals surface area (Å²) in [5, 5.41) is 7.60. The summed E-state index contributed by atoms with van der Waals surface area (Å²) in [5.41, 5.74) is 0. The molecule has 2 aliphatic rings. The maximum absolute atomic E-state index is 5.41. The zero-order valence-corrected chi connectivity index (χ0v) is 10.4. The Labute approximate surface area is 102 Å². The molecule has 0 amide bonds. The van der Waals surface area contributed by atoms with Crippen molar-refractivity contribution >= 4 is 0 Å². The van der Waals surface area contributed by atoms with Crippen LogP contribution in [0, 0.1) is 0 Å². The van der Waals surface area contributed by atoms with Gasteiger partial charge in [-0.3, -0.25) is 0 Å². The molecule has 3 heterocycles. The van der Waals surface area contributed by atoms with E-state index in [2.05, 4.69) is 27.4 Å². The van der Waals surface area contributed by atoms with E-state index in [0.29, 0.717) is 5.92 Å². The van der Waals surface area contributed by atoms with Gasteiger partial charge in [0, 0.05) is 12.5 Å². The molecule has 1 N–H and O–H groups in total. The number of piperidine rings is 1. The van der Waals surface area contributed by atoms with Crippen molar-refractivity contribution in [3.05, 3.63) is 11.7 Å². The van der Waals surface area contributed by atoms with Gasteiger partial charge in [0.2, 0.25) is 5.89 Å². The molecule has 2 unspecified atom stereocenters. The fraction of sp³-hybridized carbons (Fsp3) is 0.833. The lowest BCUT2D eigenvalue weighted by molar-refractivity contribution is 0.295. The molecular formula is C12H20N4O. The monoisotopic (exact) mass is 236 g/mol. The summed E-state index contributed by atoms with van der Waals surface area (Å²) in [4.78, 5) is 6.90. The molecule has 0 bridgehead atoms. The zero-order valence-electron chi connectivity index (χ0n) is 10.4. The van der Waals surface area contributed by atoms with Gasteiger partial charge in [-0.05, 0) is 39.4 Å². The van der Waals surface area contributed by atoms with Crippen LogP contribution in [0.1, 0.15) is 49.4 Å². The third-order valence-corrected chi connectivity index (χ3v) is 3.82. The average molecular weight is 236 g/mol. The Morgan fingerprint density at radius 1 is 1.35 bits per heavy atom. The number of hydrogen-bond donors (Lipinski definition) is 1. The number of hydrogen-bond acceptors (Lipinski definition) is 5. The van der Waals surface area contributed by atoms with Crippen molar-refractivity contribution in [1.29, 1.82) is 0 Å². The van der Waals surface area contributed by atoms with Gasteiger partial charge in [0.05, 0.1) is 6.04 Å². The fourth-order valence-electron chi connectivity index (χ4n) is 2.76. The van der Waals surface area contributed by atoms with E-state index in [-0.39, 0.29) is 6.04 Å². The highest BCUT2D eigenvalue weighted by Gasteiger charge is 2.27. The van der Waals surface area contributed by atoms with E-state index in [1.807, 2.05) is 0 Å². The summed E-state index contributed by atoms with van der Waals surface area (Å²) >= 11 is 0. The van der Waals surface area contributed by atoms with Gasteiger partial charge < -0.3 is 14.7 Å². The predicted molar refractivity (Wildman–Crippen MR) is 63.7 cm³/mol. The lowest BCUT2D eigenvalue weighted by Crippen LogP contribution is -2.27. The van der Waals surface area contributed by atoms with Gasteiger partial charge in [0.1, 0.15) is 0 Å². The minimum Gasteiger partial charge on any atom is -0.338 e. The standard InChI is InChI=1S/C12H20N4O/c1-16-7-5-9(8-16)11-14-12(17-15-11)10-4-2-3-6-13-10/h9-10,13H,2-8H2,1H3. The van der Waals surface area contributed by atoms with Crippen LogP contribution in [0.2, 0.25) is 0 Å². The third kappa shape index (κ3) is 2.35. The second kappa shape index (κ2) is 4.74. The van der Waals surface area contributed by atoms with Crippen LogP contribution in [0.4, 0.5) is 0 Å². The molecule has 0 saturated carbocycles. The molecule has 94 valence electrons. The maximum Gasteiger partial charge on any atom is 0.243 e. The van der Waals surface area contributed by atoms with Crippen LogP contribution in [0.5, 0.6) is 0 Å². The van der Waals surface area contributed by atoms with E-state index in [1.165, 1.54) is 12.8 Å². The first-order chi connectivity index (χ1) is 8.33.